The summed E-state index contributed by atoms with van der Waals surface area (Å²) in [5, 5.41) is 0.445. The van der Waals surface area contributed by atoms with Gasteiger partial charge in [0.15, 0.2) is 0 Å². The highest BCUT2D eigenvalue weighted by Crippen LogP contribution is 2.28. The summed E-state index contributed by atoms with van der Waals surface area (Å²) in [6.45, 7) is 0. The zero-order chi connectivity index (χ0) is 13.0. The topological polar surface area (TPSA) is 39.2 Å². The smallest absolute Gasteiger partial charge is 0.311 e. The molecule has 1 rings (SSSR count). The van der Waals surface area contributed by atoms with Crippen LogP contribution in [0.4, 0.5) is 8.78 Å². The minimum Gasteiger partial charge on any atom is -0.469 e. The Labute approximate surface area is 119 Å². The Morgan fingerprint density at radius 2 is 2.29 bits per heavy atom. The van der Waals surface area contributed by atoms with Gasteiger partial charge in [0.1, 0.15) is 0 Å². The normalized spacial score (nSPS) is 10.7. The van der Waals surface area contributed by atoms with E-state index in [1.165, 1.54) is 7.11 Å². The molecule has 0 N–H and O–H groups in total. The second kappa shape index (κ2) is 6.58. The van der Waals surface area contributed by atoms with E-state index in [4.69, 9.17) is 0 Å². The van der Waals surface area contributed by atoms with E-state index in [9.17, 15) is 13.6 Å². The third-order valence-corrected chi connectivity index (χ3v) is 3.50. The lowest BCUT2D eigenvalue weighted by atomic mass is 10.1. The molecule has 0 atom stereocenters. The van der Waals surface area contributed by atoms with Crippen LogP contribution in [0.15, 0.2) is 6.07 Å². The van der Waals surface area contributed by atoms with Crippen LogP contribution in [-0.2, 0) is 21.3 Å². The van der Waals surface area contributed by atoms with Crippen molar-refractivity contribution in [3.8, 4) is 0 Å². The Kier molecular flexibility index (Phi) is 5.71. The molecular formula is C10H9BrF2INO2. The van der Waals surface area contributed by atoms with E-state index >= 15 is 0 Å². The highest BCUT2D eigenvalue weighted by Gasteiger charge is 2.21. The summed E-state index contributed by atoms with van der Waals surface area (Å²) in [4.78, 5) is 15.2. The molecule has 94 valence electrons. The Balaban J connectivity index is 3.22. The molecule has 0 spiro atoms. The number of pyridine rings is 1. The van der Waals surface area contributed by atoms with Crippen molar-refractivity contribution < 1.29 is 18.3 Å². The maximum absolute atomic E-state index is 12.9. The molecule has 0 unspecified atom stereocenters. The van der Waals surface area contributed by atoms with E-state index in [2.05, 4.69) is 25.7 Å². The third kappa shape index (κ3) is 3.84. The van der Waals surface area contributed by atoms with E-state index in [1.807, 2.05) is 22.6 Å². The van der Waals surface area contributed by atoms with Crippen molar-refractivity contribution in [3.05, 3.63) is 26.6 Å². The van der Waals surface area contributed by atoms with Gasteiger partial charge in [-0.25, -0.2) is 8.78 Å². The lowest BCUT2D eigenvalue weighted by Crippen LogP contribution is -2.11. The molecule has 1 aromatic heterocycles. The van der Waals surface area contributed by atoms with Crippen LogP contribution in [-0.4, -0.2) is 18.1 Å². The number of nitrogens with zero attached hydrogens (tertiary/aromatic N) is 1. The molecule has 7 heteroatoms. The van der Waals surface area contributed by atoms with Crippen molar-refractivity contribution in [2.45, 2.75) is 18.2 Å². The lowest BCUT2D eigenvalue weighted by molar-refractivity contribution is -0.139. The van der Waals surface area contributed by atoms with Gasteiger partial charge in [0.05, 0.1) is 30.5 Å². The van der Waals surface area contributed by atoms with Crippen LogP contribution < -0.4 is 0 Å². The van der Waals surface area contributed by atoms with Crippen molar-refractivity contribution in [3.63, 3.8) is 0 Å². The molecule has 0 saturated heterocycles. The molecule has 0 radical (unpaired) electrons. The van der Waals surface area contributed by atoms with Crippen LogP contribution in [0.1, 0.15) is 23.4 Å². The van der Waals surface area contributed by atoms with E-state index in [0.717, 1.165) is 0 Å². The van der Waals surface area contributed by atoms with Gasteiger partial charge < -0.3 is 4.74 Å². The molecular weight excluding hydrogens is 411 g/mol. The Morgan fingerprint density at radius 3 is 2.76 bits per heavy atom. The molecule has 0 aliphatic carbocycles. The van der Waals surface area contributed by atoms with Crippen LogP contribution in [0.25, 0.3) is 0 Å². The minimum absolute atomic E-state index is 0.0770. The van der Waals surface area contributed by atoms with Gasteiger partial charge in [-0.05, 0) is 28.7 Å². The quantitative estimate of drug-likeness (QED) is 0.427. The number of carbonyl (C=O) groups is 1. The first-order chi connectivity index (χ1) is 7.99. The summed E-state index contributed by atoms with van der Waals surface area (Å²) in [6, 6.07) is 1.57. The van der Waals surface area contributed by atoms with Crippen LogP contribution in [0.3, 0.4) is 0 Å². The molecule has 0 amide bonds. The largest absolute Gasteiger partial charge is 0.469 e. The number of ether oxygens (including phenoxy) is 1. The second-order valence-electron chi connectivity index (χ2n) is 3.14. The van der Waals surface area contributed by atoms with Crippen molar-refractivity contribution >= 4 is 44.5 Å². The second-order valence-corrected chi connectivity index (χ2v) is 4.87. The molecule has 1 heterocycles. The van der Waals surface area contributed by atoms with Gasteiger partial charge in [-0.15, -0.1) is 0 Å². The van der Waals surface area contributed by atoms with Gasteiger partial charge in [0.2, 0.25) is 0 Å². The van der Waals surface area contributed by atoms with Crippen LogP contribution in [0.5, 0.6) is 0 Å². The first kappa shape index (κ1) is 14.7. The summed E-state index contributed by atoms with van der Waals surface area (Å²) >= 11 is 5.02. The number of hydrogen-bond donors (Lipinski definition) is 0. The molecule has 1 aromatic rings. The van der Waals surface area contributed by atoms with Crippen molar-refractivity contribution in [2.75, 3.05) is 7.11 Å². The summed E-state index contributed by atoms with van der Waals surface area (Å²) in [5.74, 6) is -0.582. The fourth-order valence-corrected chi connectivity index (χ4v) is 2.46. The molecule has 0 saturated carbocycles. The fraction of sp³-hybridized carbons (Fsp3) is 0.400. The zero-order valence-electron chi connectivity index (χ0n) is 8.84. The number of hydrogen-bond acceptors (Lipinski definition) is 3. The number of rotatable bonds is 4. The first-order valence-electron chi connectivity index (χ1n) is 4.58. The number of carbonyl (C=O) groups excluding carboxylic acids is 1. The van der Waals surface area contributed by atoms with Crippen molar-refractivity contribution in [1.82, 2.24) is 4.98 Å². The molecule has 0 aliphatic heterocycles. The maximum Gasteiger partial charge on any atom is 0.311 e. The summed E-state index contributed by atoms with van der Waals surface area (Å²) in [5.41, 5.74) is 0.492. The monoisotopic (exact) mass is 419 g/mol. The van der Waals surface area contributed by atoms with E-state index < -0.39 is 12.4 Å². The van der Waals surface area contributed by atoms with E-state index in [1.54, 1.807) is 6.07 Å². The Morgan fingerprint density at radius 1 is 1.65 bits per heavy atom. The molecule has 0 aromatic carbocycles. The number of halogens is 4. The van der Waals surface area contributed by atoms with Gasteiger partial charge in [0, 0.05) is 8.90 Å². The van der Waals surface area contributed by atoms with Gasteiger partial charge in [-0.1, -0.05) is 15.9 Å². The van der Waals surface area contributed by atoms with Gasteiger partial charge in [0.25, 0.3) is 6.43 Å². The summed E-state index contributed by atoms with van der Waals surface area (Å²) in [7, 11) is 1.21. The molecule has 3 nitrogen and oxygen atoms in total. The molecule has 0 fully saturated rings. The highest BCUT2D eigenvalue weighted by molar-refractivity contribution is 14.1. The Hall–Kier alpha value is -0.310. The van der Waals surface area contributed by atoms with Gasteiger partial charge in [-0.2, -0.15) is 0 Å². The zero-order valence-corrected chi connectivity index (χ0v) is 12.6. The fourth-order valence-electron chi connectivity index (χ4n) is 1.27. The average Bonchev–Trinajstić information content (AvgIpc) is 2.27. The highest BCUT2D eigenvalue weighted by atomic mass is 127. The first-order valence-corrected chi connectivity index (χ1v) is 6.78. The van der Waals surface area contributed by atoms with E-state index in [0.29, 0.717) is 14.6 Å². The molecule has 17 heavy (non-hydrogen) atoms. The van der Waals surface area contributed by atoms with Gasteiger partial charge in [-0.3, -0.25) is 9.78 Å². The predicted molar refractivity (Wildman–Crippen MR) is 70.3 cm³/mol. The number of aromatic nitrogens is 1. The maximum atomic E-state index is 12.9. The molecule has 0 aliphatic rings. The van der Waals surface area contributed by atoms with Crippen LogP contribution in [0.2, 0.25) is 0 Å². The summed E-state index contributed by atoms with van der Waals surface area (Å²) < 4.78 is 30.6. The number of esters is 1. The number of alkyl halides is 3. The van der Waals surface area contributed by atoms with Crippen LogP contribution in [0, 0.1) is 3.57 Å². The number of methoxy groups -OCH3 is 1. The van der Waals surface area contributed by atoms with Gasteiger partial charge >= 0.3 is 5.97 Å². The standard InChI is InChI=1S/C10H9BrF2INO2/c1-17-8(16)3-7-9(10(12)13)6(14)2-5(4-11)15-7/h2,10H,3-4H2,1H3. The third-order valence-electron chi connectivity index (χ3n) is 2.03. The average molecular weight is 420 g/mol. The molecule has 0 bridgehead atoms. The summed E-state index contributed by atoms with van der Waals surface area (Å²) in [6.07, 6.45) is -2.90. The SMILES string of the molecule is COC(=O)Cc1nc(CBr)cc(I)c1C(F)F. The van der Waals surface area contributed by atoms with Crippen molar-refractivity contribution in [1.29, 1.82) is 0 Å². The minimum atomic E-state index is -2.65. The Bertz CT molecular complexity index is 429. The van der Waals surface area contributed by atoms with Crippen molar-refractivity contribution in [2.24, 2.45) is 0 Å². The van der Waals surface area contributed by atoms with Crippen LogP contribution >= 0.6 is 38.5 Å². The predicted octanol–water partition coefficient (Wildman–Crippen LogP) is 3.23. The lowest BCUT2D eigenvalue weighted by Gasteiger charge is -2.11. The van der Waals surface area contributed by atoms with E-state index in [-0.39, 0.29) is 17.7 Å².